The second kappa shape index (κ2) is 6.49. The Kier molecular flexibility index (Phi) is 5.55. The zero-order chi connectivity index (χ0) is 13.8. The van der Waals surface area contributed by atoms with Gasteiger partial charge in [-0.1, -0.05) is 0 Å². The van der Waals surface area contributed by atoms with Crippen molar-refractivity contribution in [2.24, 2.45) is 0 Å². The third-order valence-electron chi connectivity index (χ3n) is 2.37. The molecule has 0 saturated heterocycles. The number of hydrogen-bond acceptors (Lipinski definition) is 3. The first-order valence-electron chi connectivity index (χ1n) is 5.46. The molecule has 0 unspecified atom stereocenters. The van der Waals surface area contributed by atoms with Crippen molar-refractivity contribution in [1.82, 2.24) is 5.32 Å². The van der Waals surface area contributed by atoms with E-state index < -0.39 is 15.8 Å². The Morgan fingerprint density at radius 2 is 2.06 bits per heavy atom. The highest BCUT2D eigenvalue weighted by Gasteiger charge is 2.13. The van der Waals surface area contributed by atoms with E-state index in [1.165, 1.54) is 6.07 Å². The van der Waals surface area contributed by atoms with Crippen molar-refractivity contribution < 1.29 is 12.8 Å². The minimum atomic E-state index is -3.43. The normalized spacial score (nSPS) is 11.6. The van der Waals surface area contributed by atoms with Gasteiger partial charge in [0.15, 0.2) is 0 Å². The molecule has 1 aromatic carbocycles. The highest BCUT2D eigenvalue weighted by atomic mass is 79.9. The molecule has 0 spiro atoms. The molecule has 7 heteroatoms. The van der Waals surface area contributed by atoms with E-state index in [1.54, 1.807) is 20.0 Å². The van der Waals surface area contributed by atoms with E-state index in [-0.39, 0.29) is 11.4 Å². The Balaban J connectivity index is 2.81. The van der Waals surface area contributed by atoms with Gasteiger partial charge in [-0.15, -0.1) is 0 Å². The number of benzene rings is 1. The van der Waals surface area contributed by atoms with Crippen LogP contribution in [0.2, 0.25) is 0 Å². The summed E-state index contributed by atoms with van der Waals surface area (Å²) in [5.74, 6) is -0.487. The Morgan fingerprint density at radius 3 is 2.67 bits per heavy atom. The fraction of sp³-hybridized carbons (Fsp3) is 0.455. The molecule has 0 radical (unpaired) electrons. The first-order valence-corrected chi connectivity index (χ1v) is 7.91. The number of nitrogens with one attached hydrogen (secondary N) is 2. The summed E-state index contributed by atoms with van der Waals surface area (Å²) < 4.78 is 39.6. The Hall–Kier alpha value is -0.660. The molecule has 2 N–H and O–H groups in total. The summed E-state index contributed by atoms with van der Waals surface area (Å²) in [5, 5.41) is 2.87. The molecule has 102 valence electrons. The summed E-state index contributed by atoms with van der Waals surface area (Å²) in [5.41, 5.74) is 0.945. The standard InChI is InChI=1S/C11H16BrFN2O2S/c1-8-6-9(12)10(13)7-11(8)15-18(16,17)5-3-4-14-2/h6-7,14-15H,3-5H2,1-2H3. The van der Waals surface area contributed by atoms with Gasteiger partial charge < -0.3 is 5.32 Å². The minimum absolute atomic E-state index is 0.00492. The molecule has 0 aromatic heterocycles. The van der Waals surface area contributed by atoms with Crippen molar-refractivity contribution in [2.45, 2.75) is 13.3 Å². The molecule has 18 heavy (non-hydrogen) atoms. The van der Waals surface area contributed by atoms with E-state index in [1.807, 2.05) is 0 Å². The van der Waals surface area contributed by atoms with Gasteiger partial charge in [0.05, 0.1) is 15.9 Å². The highest BCUT2D eigenvalue weighted by molar-refractivity contribution is 9.10. The summed E-state index contributed by atoms with van der Waals surface area (Å²) in [6.45, 7) is 2.34. The smallest absolute Gasteiger partial charge is 0.232 e. The topological polar surface area (TPSA) is 58.2 Å². The molecule has 0 aliphatic heterocycles. The van der Waals surface area contributed by atoms with Crippen molar-refractivity contribution in [3.05, 3.63) is 28.0 Å². The molecule has 0 bridgehead atoms. The number of sulfonamides is 1. The summed E-state index contributed by atoms with van der Waals surface area (Å²) >= 11 is 3.05. The van der Waals surface area contributed by atoms with Gasteiger partial charge in [-0.05, 0) is 60.6 Å². The lowest BCUT2D eigenvalue weighted by Crippen LogP contribution is -2.20. The van der Waals surface area contributed by atoms with E-state index in [0.717, 1.165) is 0 Å². The number of aryl methyl sites for hydroxylation is 1. The molecule has 4 nitrogen and oxygen atoms in total. The van der Waals surface area contributed by atoms with Gasteiger partial charge in [0, 0.05) is 0 Å². The zero-order valence-electron chi connectivity index (χ0n) is 10.3. The van der Waals surface area contributed by atoms with Gasteiger partial charge >= 0.3 is 0 Å². The van der Waals surface area contributed by atoms with E-state index in [9.17, 15) is 12.8 Å². The molecule has 0 amide bonds. The van der Waals surface area contributed by atoms with Crippen molar-refractivity contribution in [3.63, 3.8) is 0 Å². The molecule has 1 rings (SSSR count). The van der Waals surface area contributed by atoms with Crippen molar-refractivity contribution in [2.75, 3.05) is 24.1 Å². The van der Waals surface area contributed by atoms with E-state index in [2.05, 4.69) is 26.0 Å². The monoisotopic (exact) mass is 338 g/mol. The quantitative estimate of drug-likeness (QED) is 0.782. The van der Waals surface area contributed by atoms with Gasteiger partial charge in [0.25, 0.3) is 0 Å². The molecule has 1 aromatic rings. The summed E-state index contributed by atoms with van der Waals surface area (Å²) in [6.07, 6.45) is 0.504. The van der Waals surface area contributed by atoms with E-state index in [4.69, 9.17) is 0 Å². The maximum absolute atomic E-state index is 13.3. The average molecular weight is 339 g/mol. The number of halogens is 2. The van der Waals surface area contributed by atoms with Gasteiger partial charge in [-0.25, -0.2) is 12.8 Å². The van der Waals surface area contributed by atoms with Crippen LogP contribution < -0.4 is 10.0 Å². The third-order valence-corrected chi connectivity index (χ3v) is 4.34. The van der Waals surface area contributed by atoms with Crippen molar-refractivity contribution in [1.29, 1.82) is 0 Å². The Labute approximate surface area is 115 Å². The molecule has 0 atom stereocenters. The molecular weight excluding hydrogens is 323 g/mol. The second-order valence-electron chi connectivity index (χ2n) is 3.96. The van der Waals surface area contributed by atoms with Crippen LogP contribution in [0.5, 0.6) is 0 Å². The van der Waals surface area contributed by atoms with Crippen LogP contribution in [0.4, 0.5) is 10.1 Å². The van der Waals surface area contributed by atoms with Gasteiger partial charge in [-0.3, -0.25) is 4.72 Å². The molecule has 0 heterocycles. The maximum atomic E-state index is 13.3. The highest BCUT2D eigenvalue weighted by Crippen LogP contribution is 2.24. The van der Waals surface area contributed by atoms with E-state index in [0.29, 0.717) is 23.0 Å². The average Bonchev–Trinajstić information content (AvgIpc) is 2.26. The summed E-state index contributed by atoms with van der Waals surface area (Å²) in [6, 6.07) is 2.72. The second-order valence-corrected chi connectivity index (χ2v) is 6.66. The Bertz CT molecular complexity index is 520. The molecule has 0 aliphatic rings. The molecule has 0 aliphatic carbocycles. The third kappa shape index (κ3) is 4.55. The Morgan fingerprint density at radius 1 is 1.39 bits per heavy atom. The van der Waals surface area contributed by atoms with Crippen LogP contribution in [0, 0.1) is 12.7 Å². The van der Waals surface area contributed by atoms with Crippen LogP contribution in [-0.4, -0.2) is 27.8 Å². The minimum Gasteiger partial charge on any atom is -0.320 e. The zero-order valence-corrected chi connectivity index (χ0v) is 12.7. The molecule has 0 saturated carbocycles. The SMILES string of the molecule is CNCCCS(=O)(=O)Nc1cc(F)c(Br)cc1C. The van der Waals surface area contributed by atoms with Crippen molar-refractivity contribution >= 4 is 31.6 Å². The van der Waals surface area contributed by atoms with Gasteiger partial charge in [0.1, 0.15) is 5.82 Å². The van der Waals surface area contributed by atoms with Crippen LogP contribution in [0.15, 0.2) is 16.6 Å². The van der Waals surface area contributed by atoms with Crippen molar-refractivity contribution in [3.8, 4) is 0 Å². The maximum Gasteiger partial charge on any atom is 0.232 e. The first-order chi connectivity index (χ1) is 8.35. The van der Waals surface area contributed by atoms with Crippen LogP contribution in [-0.2, 0) is 10.0 Å². The number of anilines is 1. The first kappa shape index (κ1) is 15.4. The van der Waals surface area contributed by atoms with E-state index >= 15 is 0 Å². The molecule has 0 fully saturated rings. The summed E-state index contributed by atoms with van der Waals surface area (Å²) in [7, 11) is -1.67. The lowest BCUT2D eigenvalue weighted by molar-refractivity contribution is 0.596. The molecular formula is C11H16BrFN2O2S. The fourth-order valence-electron chi connectivity index (χ4n) is 1.41. The van der Waals surface area contributed by atoms with Crippen LogP contribution in [0.25, 0.3) is 0 Å². The van der Waals surface area contributed by atoms with Crippen LogP contribution >= 0.6 is 15.9 Å². The predicted molar refractivity (Wildman–Crippen MR) is 74.8 cm³/mol. The number of rotatable bonds is 6. The predicted octanol–water partition coefficient (Wildman–Crippen LogP) is 2.25. The lowest BCUT2D eigenvalue weighted by Gasteiger charge is -2.11. The van der Waals surface area contributed by atoms with Gasteiger partial charge in [0.2, 0.25) is 10.0 Å². The van der Waals surface area contributed by atoms with Gasteiger partial charge in [-0.2, -0.15) is 0 Å². The lowest BCUT2D eigenvalue weighted by atomic mass is 10.2. The fourth-order valence-corrected chi connectivity index (χ4v) is 3.05. The van der Waals surface area contributed by atoms with Crippen LogP contribution in [0.3, 0.4) is 0 Å². The van der Waals surface area contributed by atoms with Crippen LogP contribution in [0.1, 0.15) is 12.0 Å². The summed E-state index contributed by atoms with van der Waals surface area (Å²) in [4.78, 5) is 0. The largest absolute Gasteiger partial charge is 0.320 e. The number of hydrogen-bond donors (Lipinski definition) is 2.